The summed E-state index contributed by atoms with van der Waals surface area (Å²) in [4.78, 5) is 11.3. The molecule has 0 spiro atoms. The first-order chi connectivity index (χ1) is 7.40. The van der Waals surface area contributed by atoms with E-state index in [1.807, 2.05) is 0 Å². The summed E-state index contributed by atoms with van der Waals surface area (Å²) in [6, 6.07) is 3.99. The van der Waals surface area contributed by atoms with Gasteiger partial charge in [0.15, 0.2) is 0 Å². The fourth-order valence-electron chi connectivity index (χ4n) is 1.14. The minimum Gasteiger partial charge on any atom is -0.497 e. The quantitative estimate of drug-likeness (QED) is 0.609. The zero-order valence-corrected chi connectivity index (χ0v) is 9.35. The van der Waals surface area contributed by atoms with Gasteiger partial charge in [-0.15, -0.1) is 0 Å². The molecule has 0 heterocycles. The van der Waals surface area contributed by atoms with E-state index in [1.165, 1.54) is 26.4 Å². The van der Waals surface area contributed by atoms with Gasteiger partial charge < -0.3 is 9.47 Å². The van der Waals surface area contributed by atoms with Crippen LogP contribution in [0.4, 0.5) is 8.78 Å². The molecular formula is C10H9ClF2O3. The molecule has 0 bridgehead atoms. The lowest BCUT2D eigenvalue weighted by Crippen LogP contribution is -2.22. The molecule has 0 atom stereocenters. The van der Waals surface area contributed by atoms with Crippen LogP contribution in [0.2, 0.25) is 0 Å². The van der Waals surface area contributed by atoms with E-state index in [0.29, 0.717) is 0 Å². The van der Waals surface area contributed by atoms with Gasteiger partial charge in [0.25, 0.3) is 5.78 Å². The van der Waals surface area contributed by atoms with Crippen LogP contribution < -0.4 is 9.47 Å². The lowest BCUT2D eigenvalue weighted by atomic mass is 10.1. The first kappa shape index (κ1) is 12.7. The molecule has 0 aromatic heterocycles. The second-order valence-electron chi connectivity index (χ2n) is 2.89. The molecule has 0 aliphatic carbocycles. The summed E-state index contributed by atoms with van der Waals surface area (Å²) in [5, 5.41) is -3.96. The zero-order valence-electron chi connectivity index (χ0n) is 8.59. The summed E-state index contributed by atoms with van der Waals surface area (Å²) in [5.74, 6) is -1.24. The number of carbonyl (C=O) groups excluding carboxylic acids is 1. The van der Waals surface area contributed by atoms with Gasteiger partial charge >= 0.3 is 5.38 Å². The van der Waals surface area contributed by atoms with Crippen LogP contribution in [0.5, 0.6) is 11.5 Å². The van der Waals surface area contributed by atoms with Crippen molar-refractivity contribution in [2.24, 2.45) is 0 Å². The molecule has 1 rings (SSSR count). The minimum absolute atomic E-state index is 0.0196. The first-order valence-corrected chi connectivity index (χ1v) is 4.61. The number of benzene rings is 1. The summed E-state index contributed by atoms with van der Waals surface area (Å²) in [6.07, 6.45) is 0. The first-order valence-electron chi connectivity index (χ1n) is 4.23. The standard InChI is InChI=1S/C10H9ClF2O3/c1-15-6-3-4-8(16-2)7(5-6)9(14)10(11,12)13/h3-5H,1-2H3. The Labute approximate surface area is 95.9 Å². The Morgan fingerprint density at radius 1 is 1.31 bits per heavy atom. The van der Waals surface area contributed by atoms with Crippen LogP contribution in [-0.4, -0.2) is 25.4 Å². The third-order valence-corrected chi connectivity index (χ3v) is 2.08. The molecule has 6 heteroatoms. The van der Waals surface area contributed by atoms with E-state index in [1.54, 1.807) is 0 Å². The zero-order chi connectivity index (χ0) is 12.3. The number of carbonyl (C=O) groups is 1. The molecular weight excluding hydrogens is 242 g/mol. The Hall–Kier alpha value is -1.36. The molecule has 0 amide bonds. The Morgan fingerprint density at radius 2 is 1.94 bits per heavy atom. The number of hydrogen-bond donors (Lipinski definition) is 0. The average molecular weight is 251 g/mol. The minimum atomic E-state index is -3.96. The van der Waals surface area contributed by atoms with Crippen molar-refractivity contribution >= 4 is 17.4 Å². The van der Waals surface area contributed by atoms with Crippen molar-refractivity contribution in [2.75, 3.05) is 14.2 Å². The molecule has 0 saturated carbocycles. The monoisotopic (exact) mass is 250 g/mol. The van der Waals surface area contributed by atoms with Crippen LogP contribution in [0.25, 0.3) is 0 Å². The highest BCUT2D eigenvalue weighted by molar-refractivity contribution is 6.35. The second kappa shape index (κ2) is 4.65. The van der Waals surface area contributed by atoms with Crippen LogP contribution in [0.1, 0.15) is 10.4 Å². The van der Waals surface area contributed by atoms with E-state index in [4.69, 9.17) is 9.47 Å². The van der Waals surface area contributed by atoms with Gasteiger partial charge in [0.2, 0.25) is 0 Å². The summed E-state index contributed by atoms with van der Waals surface area (Å²) >= 11 is 4.66. The van der Waals surface area contributed by atoms with E-state index < -0.39 is 11.2 Å². The number of methoxy groups -OCH3 is 2. The second-order valence-corrected chi connectivity index (χ2v) is 3.37. The van der Waals surface area contributed by atoms with E-state index in [-0.39, 0.29) is 17.1 Å². The molecule has 0 aliphatic rings. The fourth-order valence-corrected chi connectivity index (χ4v) is 1.25. The highest BCUT2D eigenvalue weighted by Crippen LogP contribution is 2.31. The number of Topliss-reactive ketones (excluding diaryl/α,β-unsaturated/α-hetero) is 1. The van der Waals surface area contributed by atoms with Crippen molar-refractivity contribution in [3.8, 4) is 11.5 Å². The lowest BCUT2D eigenvalue weighted by molar-refractivity contribution is 0.0532. The highest BCUT2D eigenvalue weighted by Gasteiger charge is 2.38. The predicted molar refractivity (Wildman–Crippen MR) is 54.7 cm³/mol. The van der Waals surface area contributed by atoms with Gasteiger partial charge in [-0.2, -0.15) is 8.78 Å². The van der Waals surface area contributed by atoms with Gasteiger partial charge in [-0.05, 0) is 29.8 Å². The van der Waals surface area contributed by atoms with Crippen LogP contribution >= 0.6 is 11.6 Å². The number of ketones is 1. The number of halogens is 3. The van der Waals surface area contributed by atoms with Gasteiger partial charge in [-0.25, -0.2) is 0 Å². The fraction of sp³-hybridized carbons (Fsp3) is 0.300. The van der Waals surface area contributed by atoms with Crippen molar-refractivity contribution in [1.82, 2.24) is 0 Å². The molecule has 0 aliphatic heterocycles. The normalized spacial score (nSPS) is 11.1. The SMILES string of the molecule is COc1ccc(OC)c(C(=O)C(F)(F)Cl)c1. The molecule has 0 fully saturated rings. The van der Waals surface area contributed by atoms with Crippen LogP contribution in [0.3, 0.4) is 0 Å². The number of ether oxygens (including phenoxy) is 2. The molecule has 0 radical (unpaired) electrons. The summed E-state index contributed by atoms with van der Waals surface area (Å²) < 4.78 is 35.0. The van der Waals surface area contributed by atoms with Gasteiger partial charge in [-0.1, -0.05) is 0 Å². The van der Waals surface area contributed by atoms with Crippen molar-refractivity contribution < 1.29 is 23.0 Å². The van der Waals surface area contributed by atoms with E-state index in [9.17, 15) is 13.6 Å². The Balaban J connectivity index is 3.24. The van der Waals surface area contributed by atoms with Crippen LogP contribution in [0, 0.1) is 0 Å². The van der Waals surface area contributed by atoms with Crippen molar-refractivity contribution in [1.29, 1.82) is 0 Å². The average Bonchev–Trinajstić information content (AvgIpc) is 2.25. The maximum absolute atomic E-state index is 12.7. The number of alkyl halides is 3. The topological polar surface area (TPSA) is 35.5 Å². The van der Waals surface area contributed by atoms with Crippen molar-refractivity contribution in [3.05, 3.63) is 23.8 Å². The summed E-state index contributed by atoms with van der Waals surface area (Å²) in [5.41, 5.74) is -0.318. The van der Waals surface area contributed by atoms with Crippen molar-refractivity contribution in [3.63, 3.8) is 0 Å². The van der Waals surface area contributed by atoms with E-state index >= 15 is 0 Å². The van der Waals surface area contributed by atoms with Gasteiger partial charge in [0, 0.05) is 0 Å². The Bertz CT molecular complexity index is 402. The third kappa shape index (κ3) is 2.61. The largest absolute Gasteiger partial charge is 0.497 e. The Kier molecular flexibility index (Phi) is 3.70. The Morgan fingerprint density at radius 3 is 2.38 bits per heavy atom. The van der Waals surface area contributed by atoms with Crippen LogP contribution in [0.15, 0.2) is 18.2 Å². The van der Waals surface area contributed by atoms with Gasteiger partial charge in [-0.3, -0.25) is 4.79 Å². The van der Waals surface area contributed by atoms with Crippen LogP contribution in [-0.2, 0) is 0 Å². The maximum Gasteiger partial charge on any atom is 0.385 e. The third-order valence-electron chi connectivity index (χ3n) is 1.91. The van der Waals surface area contributed by atoms with Crippen molar-refractivity contribution in [2.45, 2.75) is 5.38 Å². The molecule has 88 valence electrons. The number of hydrogen-bond acceptors (Lipinski definition) is 3. The highest BCUT2D eigenvalue weighted by atomic mass is 35.5. The molecule has 1 aromatic carbocycles. The summed E-state index contributed by atoms with van der Waals surface area (Å²) in [6.45, 7) is 0. The van der Waals surface area contributed by atoms with E-state index in [0.717, 1.165) is 6.07 Å². The molecule has 1 aromatic rings. The lowest BCUT2D eigenvalue weighted by Gasteiger charge is -2.11. The number of rotatable bonds is 4. The van der Waals surface area contributed by atoms with E-state index in [2.05, 4.69) is 11.6 Å². The molecule has 0 unspecified atom stereocenters. The molecule has 0 saturated heterocycles. The molecule has 0 N–H and O–H groups in total. The molecule has 16 heavy (non-hydrogen) atoms. The maximum atomic E-state index is 12.7. The smallest absolute Gasteiger partial charge is 0.385 e. The summed E-state index contributed by atoms with van der Waals surface area (Å²) in [7, 11) is 2.62. The predicted octanol–water partition coefficient (Wildman–Crippen LogP) is 2.72. The van der Waals surface area contributed by atoms with Gasteiger partial charge in [0.05, 0.1) is 19.8 Å². The van der Waals surface area contributed by atoms with Gasteiger partial charge in [0.1, 0.15) is 11.5 Å². The molecule has 3 nitrogen and oxygen atoms in total.